The molecule has 1 aliphatic carbocycles. The first-order chi connectivity index (χ1) is 8.16. The topological polar surface area (TPSA) is 43.1 Å². The quantitative estimate of drug-likeness (QED) is 0.898. The van der Waals surface area contributed by atoms with E-state index in [0.717, 1.165) is 19.3 Å². The van der Waals surface area contributed by atoms with Gasteiger partial charge in [-0.2, -0.15) is 0 Å². The van der Waals surface area contributed by atoms with E-state index in [9.17, 15) is 8.60 Å². The monoisotopic (exact) mass is 255 g/mol. The minimum atomic E-state index is -1.02. The lowest BCUT2D eigenvalue weighted by Crippen LogP contribution is -2.25. The molecule has 0 bridgehead atoms. The van der Waals surface area contributed by atoms with Crippen molar-refractivity contribution in [3.63, 3.8) is 0 Å². The molecule has 17 heavy (non-hydrogen) atoms. The minimum absolute atomic E-state index is 0.278. The zero-order valence-electron chi connectivity index (χ0n) is 9.77. The number of hydrogen-bond donors (Lipinski definition) is 1. The fourth-order valence-electron chi connectivity index (χ4n) is 2.39. The first-order valence-corrected chi connectivity index (χ1v) is 7.38. The van der Waals surface area contributed by atoms with Gasteiger partial charge in [0, 0.05) is 16.7 Å². The minimum Gasteiger partial charge on any atom is -0.327 e. The van der Waals surface area contributed by atoms with Crippen molar-refractivity contribution in [2.75, 3.05) is 5.75 Å². The van der Waals surface area contributed by atoms with Gasteiger partial charge in [-0.1, -0.05) is 6.42 Å². The van der Waals surface area contributed by atoms with Crippen molar-refractivity contribution < 1.29 is 8.60 Å². The Hall–Kier alpha value is -0.740. The summed E-state index contributed by atoms with van der Waals surface area (Å²) in [5.74, 6) is 0.854. The SMILES string of the molecule is NC1CCCC1CCS(=O)c1ccc(F)cc1. The van der Waals surface area contributed by atoms with Gasteiger partial charge in [-0.05, 0) is 49.4 Å². The molecular weight excluding hydrogens is 237 g/mol. The molecule has 0 radical (unpaired) electrons. The van der Waals surface area contributed by atoms with E-state index in [0.29, 0.717) is 16.6 Å². The van der Waals surface area contributed by atoms with E-state index < -0.39 is 10.8 Å². The molecule has 1 aromatic rings. The Kier molecular flexibility index (Phi) is 4.29. The van der Waals surface area contributed by atoms with Gasteiger partial charge in [-0.25, -0.2) is 4.39 Å². The maximum atomic E-state index is 12.7. The summed E-state index contributed by atoms with van der Waals surface area (Å²) >= 11 is 0. The van der Waals surface area contributed by atoms with Gasteiger partial charge in [-0.3, -0.25) is 4.21 Å². The maximum absolute atomic E-state index is 12.7. The summed E-state index contributed by atoms with van der Waals surface area (Å²) in [6.45, 7) is 0. The highest BCUT2D eigenvalue weighted by atomic mass is 32.2. The van der Waals surface area contributed by atoms with Crippen LogP contribution in [0.3, 0.4) is 0 Å². The average Bonchev–Trinajstić information content (AvgIpc) is 2.73. The van der Waals surface area contributed by atoms with Crippen LogP contribution in [0.15, 0.2) is 29.2 Å². The van der Waals surface area contributed by atoms with Gasteiger partial charge < -0.3 is 5.73 Å². The largest absolute Gasteiger partial charge is 0.327 e. The molecule has 0 spiro atoms. The van der Waals surface area contributed by atoms with Crippen LogP contribution in [-0.4, -0.2) is 16.0 Å². The molecule has 3 atom stereocenters. The van der Waals surface area contributed by atoms with Crippen LogP contribution in [0.1, 0.15) is 25.7 Å². The third-order valence-corrected chi connectivity index (χ3v) is 4.87. The highest BCUT2D eigenvalue weighted by Gasteiger charge is 2.24. The highest BCUT2D eigenvalue weighted by Crippen LogP contribution is 2.27. The van der Waals surface area contributed by atoms with Crippen molar-refractivity contribution in [2.24, 2.45) is 11.7 Å². The molecule has 3 unspecified atom stereocenters. The van der Waals surface area contributed by atoms with Gasteiger partial charge in [0.15, 0.2) is 0 Å². The summed E-state index contributed by atoms with van der Waals surface area (Å²) in [5.41, 5.74) is 5.98. The van der Waals surface area contributed by atoms with Crippen LogP contribution in [0.2, 0.25) is 0 Å². The number of nitrogens with two attached hydrogens (primary N) is 1. The Morgan fingerprint density at radius 3 is 2.59 bits per heavy atom. The van der Waals surface area contributed by atoms with Crippen LogP contribution in [0.4, 0.5) is 4.39 Å². The maximum Gasteiger partial charge on any atom is 0.123 e. The molecule has 1 aromatic carbocycles. The van der Waals surface area contributed by atoms with Crippen molar-refractivity contribution >= 4 is 10.8 Å². The molecule has 1 fully saturated rings. The second kappa shape index (κ2) is 5.74. The molecule has 1 aliphatic rings. The van der Waals surface area contributed by atoms with Crippen molar-refractivity contribution in [3.8, 4) is 0 Å². The van der Waals surface area contributed by atoms with E-state index in [2.05, 4.69) is 0 Å². The smallest absolute Gasteiger partial charge is 0.123 e. The van der Waals surface area contributed by atoms with E-state index in [4.69, 9.17) is 5.73 Å². The summed E-state index contributed by atoms with van der Waals surface area (Å²) in [5, 5.41) is 0. The Bertz CT molecular complexity index is 393. The Morgan fingerprint density at radius 1 is 1.29 bits per heavy atom. The van der Waals surface area contributed by atoms with Crippen molar-refractivity contribution in [1.82, 2.24) is 0 Å². The van der Waals surface area contributed by atoms with Crippen molar-refractivity contribution in [2.45, 2.75) is 36.6 Å². The van der Waals surface area contributed by atoms with Crippen LogP contribution < -0.4 is 5.73 Å². The lowest BCUT2D eigenvalue weighted by atomic mass is 10.0. The molecular formula is C13H18FNOS. The fraction of sp³-hybridized carbons (Fsp3) is 0.538. The third kappa shape index (κ3) is 3.36. The summed E-state index contributed by atoms with van der Waals surface area (Å²) in [4.78, 5) is 0.706. The molecule has 0 amide bonds. The third-order valence-electron chi connectivity index (χ3n) is 3.47. The predicted octanol–water partition coefficient (Wildman–Crippen LogP) is 2.45. The molecule has 1 saturated carbocycles. The normalized spacial score (nSPS) is 26.0. The molecule has 0 aliphatic heterocycles. The van der Waals surface area contributed by atoms with E-state index in [1.807, 2.05) is 0 Å². The van der Waals surface area contributed by atoms with E-state index in [-0.39, 0.29) is 11.9 Å². The zero-order chi connectivity index (χ0) is 12.3. The molecule has 0 aromatic heterocycles. The lowest BCUT2D eigenvalue weighted by Gasteiger charge is -2.14. The number of benzene rings is 1. The van der Waals surface area contributed by atoms with Crippen LogP contribution in [0, 0.1) is 11.7 Å². The second-order valence-corrected chi connectivity index (χ2v) is 6.22. The average molecular weight is 255 g/mol. The van der Waals surface area contributed by atoms with Crippen molar-refractivity contribution in [1.29, 1.82) is 0 Å². The van der Waals surface area contributed by atoms with E-state index in [1.54, 1.807) is 12.1 Å². The van der Waals surface area contributed by atoms with E-state index in [1.165, 1.54) is 18.6 Å². The van der Waals surface area contributed by atoms with Gasteiger partial charge in [0.25, 0.3) is 0 Å². The first kappa shape index (κ1) is 12.7. The van der Waals surface area contributed by atoms with Gasteiger partial charge in [0.1, 0.15) is 5.82 Å². The number of halogens is 1. The number of rotatable bonds is 4. The van der Waals surface area contributed by atoms with E-state index >= 15 is 0 Å². The summed E-state index contributed by atoms with van der Waals surface area (Å²) in [7, 11) is -1.02. The van der Waals surface area contributed by atoms with Crippen LogP contribution >= 0.6 is 0 Å². The van der Waals surface area contributed by atoms with Gasteiger partial charge in [-0.15, -0.1) is 0 Å². The summed E-state index contributed by atoms with van der Waals surface area (Å²) < 4.78 is 24.7. The summed E-state index contributed by atoms with van der Waals surface area (Å²) in [6, 6.07) is 6.18. The molecule has 2 nitrogen and oxygen atoms in total. The Balaban J connectivity index is 1.87. The van der Waals surface area contributed by atoms with Gasteiger partial charge in [0.05, 0.1) is 10.8 Å². The van der Waals surface area contributed by atoms with Crippen LogP contribution in [-0.2, 0) is 10.8 Å². The lowest BCUT2D eigenvalue weighted by molar-refractivity contribution is 0.468. The fourth-order valence-corrected chi connectivity index (χ4v) is 3.58. The molecule has 2 N–H and O–H groups in total. The molecule has 94 valence electrons. The molecule has 0 heterocycles. The zero-order valence-corrected chi connectivity index (χ0v) is 10.6. The first-order valence-electron chi connectivity index (χ1n) is 6.06. The Labute approximate surface area is 104 Å². The molecule has 2 rings (SSSR count). The van der Waals surface area contributed by atoms with Gasteiger partial charge in [0.2, 0.25) is 0 Å². The van der Waals surface area contributed by atoms with Crippen LogP contribution in [0.5, 0.6) is 0 Å². The molecule has 4 heteroatoms. The standard InChI is InChI=1S/C13H18FNOS/c14-11-4-6-12(7-5-11)17(16)9-8-10-2-1-3-13(10)15/h4-7,10,13H,1-3,8-9,15H2. The highest BCUT2D eigenvalue weighted by molar-refractivity contribution is 7.85. The Morgan fingerprint density at radius 2 is 2.00 bits per heavy atom. The van der Waals surface area contributed by atoms with Crippen LogP contribution in [0.25, 0.3) is 0 Å². The number of hydrogen-bond acceptors (Lipinski definition) is 2. The second-order valence-electron chi connectivity index (χ2n) is 4.65. The predicted molar refractivity (Wildman–Crippen MR) is 67.6 cm³/mol. The van der Waals surface area contributed by atoms with Gasteiger partial charge >= 0.3 is 0 Å². The summed E-state index contributed by atoms with van der Waals surface area (Å²) in [6.07, 6.45) is 4.34. The van der Waals surface area contributed by atoms with Crippen molar-refractivity contribution in [3.05, 3.63) is 30.1 Å². The molecule has 0 saturated heterocycles.